The molecule has 6 nitrogen and oxygen atoms in total. The molecule has 0 radical (unpaired) electrons. The zero-order valence-corrected chi connectivity index (χ0v) is 15.9. The number of halogens is 1. The summed E-state index contributed by atoms with van der Waals surface area (Å²) in [5, 5.41) is 0. The van der Waals surface area contributed by atoms with Crippen LogP contribution < -0.4 is 0 Å². The lowest BCUT2D eigenvalue weighted by atomic mass is 10.0. The van der Waals surface area contributed by atoms with Gasteiger partial charge in [-0.1, -0.05) is 18.2 Å². The van der Waals surface area contributed by atoms with Crippen LogP contribution in [0.3, 0.4) is 0 Å². The summed E-state index contributed by atoms with van der Waals surface area (Å²) in [6.07, 6.45) is 3.64. The van der Waals surface area contributed by atoms with Gasteiger partial charge in [0.1, 0.15) is 5.82 Å². The van der Waals surface area contributed by atoms with E-state index in [2.05, 4.69) is 0 Å². The second-order valence-electron chi connectivity index (χ2n) is 7.05. The third-order valence-corrected chi connectivity index (χ3v) is 7.14. The standard InChI is InChI=1S/C18H26FN3O3S/c1-15-7-4-5-12-22(15)18(23)14-21-11-6-10-20(26(21,24)25)13-16-8-2-3-9-17(16)19/h2-3,8-9,15H,4-7,10-14H2,1H3. The number of hydrogen-bond donors (Lipinski definition) is 0. The number of nitrogens with zero attached hydrogens (tertiary/aromatic N) is 3. The van der Waals surface area contributed by atoms with Crippen molar-refractivity contribution < 1.29 is 17.6 Å². The van der Waals surface area contributed by atoms with Crippen LogP contribution in [0.1, 0.15) is 38.2 Å². The van der Waals surface area contributed by atoms with E-state index in [4.69, 9.17) is 0 Å². The summed E-state index contributed by atoms with van der Waals surface area (Å²) < 4.78 is 42.2. The van der Waals surface area contributed by atoms with Crippen LogP contribution in [-0.4, -0.2) is 60.1 Å². The lowest BCUT2D eigenvalue weighted by Crippen LogP contribution is -2.54. The molecule has 2 fully saturated rings. The number of rotatable bonds is 4. The van der Waals surface area contributed by atoms with Gasteiger partial charge in [0.05, 0.1) is 6.54 Å². The third-order valence-electron chi connectivity index (χ3n) is 5.21. The van der Waals surface area contributed by atoms with Gasteiger partial charge in [0, 0.05) is 37.8 Å². The fourth-order valence-corrected chi connectivity index (χ4v) is 5.29. The second kappa shape index (κ2) is 8.02. The average molecular weight is 383 g/mol. The number of benzene rings is 1. The number of piperidine rings is 1. The molecule has 0 aromatic heterocycles. The third kappa shape index (κ3) is 4.07. The summed E-state index contributed by atoms with van der Waals surface area (Å²) in [5.74, 6) is -0.563. The maximum Gasteiger partial charge on any atom is 0.282 e. The Labute approximate surface area is 154 Å². The molecular formula is C18H26FN3O3S. The Kier molecular flexibility index (Phi) is 5.94. The molecule has 1 unspecified atom stereocenters. The van der Waals surface area contributed by atoms with Crippen LogP contribution in [0, 0.1) is 5.82 Å². The van der Waals surface area contributed by atoms with Crippen LogP contribution in [0.5, 0.6) is 0 Å². The molecule has 1 aromatic carbocycles. The minimum Gasteiger partial charge on any atom is -0.339 e. The first-order valence-corrected chi connectivity index (χ1v) is 10.6. The van der Waals surface area contributed by atoms with Crippen LogP contribution in [0.25, 0.3) is 0 Å². The minimum atomic E-state index is -3.78. The molecule has 26 heavy (non-hydrogen) atoms. The molecule has 1 amide bonds. The highest BCUT2D eigenvalue weighted by Gasteiger charge is 2.36. The van der Waals surface area contributed by atoms with Gasteiger partial charge in [-0.2, -0.15) is 17.0 Å². The smallest absolute Gasteiger partial charge is 0.282 e. The summed E-state index contributed by atoms with van der Waals surface area (Å²) >= 11 is 0. The minimum absolute atomic E-state index is 0.0141. The van der Waals surface area contributed by atoms with E-state index in [9.17, 15) is 17.6 Å². The zero-order valence-electron chi connectivity index (χ0n) is 15.1. The van der Waals surface area contributed by atoms with Gasteiger partial charge < -0.3 is 4.90 Å². The quantitative estimate of drug-likeness (QED) is 0.799. The van der Waals surface area contributed by atoms with Crippen molar-refractivity contribution in [1.29, 1.82) is 0 Å². The number of likely N-dealkylation sites (tertiary alicyclic amines) is 1. The molecular weight excluding hydrogens is 357 g/mol. The molecule has 0 spiro atoms. The van der Waals surface area contributed by atoms with Gasteiger partial charge in [-0.15, -0.1) is 0 Å². The first-order valence-electron chi connectivity index (χ1n) is 9.17. The van der Waals surface area contributed by atoms with E-state index < -0.39 is 16.0 Å². The zero-order chi connectivity index (χ0) is 18.7. The predicted octanol–water partition coefficient (Wildman–Crippen LogP) is 1.98. The Morgan fingerprint density at radius 2 is 1.85 bits per heavy atom. The van der Waals surface area contributed by atoms with Crippen molar-refractivity contribution in [3.63, 3.8) is 0 Å². The first-order chi connectivity index (χ1) is 12.4. The fourth-order valence-electron chi connectivity index (χ4n) is 3.67. The molecule has 1 atom stereocenters. The number of carbonyl (C=O) groups is 1. The summed E-state index contributed by atoms with van der Waals surface area (Å²) in [4.78, 5) is 14.4. The Morgan fingerprint density at radius 3 is 2.58 bits per heavy atom. The molecule has 2 aliphatic heterocycles. The topological polar surface area (TPSA) is 60.9 Å². The van der Waals surface area contributed by atoms with E-state index in [0.29, 0.717) is 31.6 Å². The summed E-state index contributed by atoms with van der Waals surface area (Å²) in [6.45, 7) is 3.20. The highest BCUT2D eigenvalue weighted by atomic mass is 32.2. The monoisotopic (exact) mass is 383 g/mol. The average Bonchev–Trinajstić information content (AvgIpc) is 2.60. The van der Waals surface area contributed by atoms with E-state index in [1.165, 1.54) is 14.7 Å². The van der Waals surface area contributed by atoms with Gasteiger partial charge in [0.25, 0.3) is 10.2 Å². The molecule has 2 saturated heterocycles. The molecule has 0 bridgehead atoms. The van der Waals surface area contributed by atoms with Gasteiger partial charge in [0.15, 0.2) is 0 Å². The number of carbonyl (C=O) groups excluding carboxylic acids is 1. The molecule has 0 saturated carbocycles. The molecule has 8 heteroatoms. The van der Waals surface area contributed by atoms with Gasteiger partial charge in [-0.25, -0.2) is 4.39 Å². The van der Waals surface area contributed by atoms with Crippen LogP contribution >= 0.6 is 0 Å². The Hall–Kier alpha value is -1.51. The fraction of sp³-hybridized carbons (Fsp3) is 0.611. The van der Waals surface area contributed by atoms with Crippen LogP contribution in [0.4, 0.5) is 4.39 Å². The Morgan fingerprint density at radius 1 is 1.12 bits per heavy atom. The summed E-state index contributed by atoms with van der Waals surface area (Å²) in [6, 6.07) is 6.33. The van der Waals surface area contributed by atoms with E-state index in [0.717, 1.165) is 19.3 Å². The molecule has 144 valence electrons. The normalized spacial score (nSPS) is 24.5. The Bertz CT molecular complexity index is 756. The number of amides is 1. The molecule has 0 N–H and O–H groups in total. The van der Waals surface area contributed by atoms with E-state index in [1.807, 2.05) is 6.92 Å². The van der Waals surface area contributed by atoms with Crippen molar-refractivity contribution >= 4 is 16.1 Å². The van der Waals surface area contributed by atoms with Gasteiger partial charge in [-0.05, 0) is 38.7 Å². The molecule has 3 rings (SSSR count). The van der Waals surface area contributed by atoms with Crippen LogP contribution in [0.15, 0.2) is 24.3 Å². The van der Waals surface area contributed by atoms with Crippen molar-refractivity contribution in [2.45, 2.75) is 45.2 Å². The molecule has 0 aliphatic carbocycles. The molecule has 2 aliphatic rings. The van der Waals surface area contributed by atoms with Gasteiger partial charge >= 0.3 is 0 Å². The van der Waals surface area contributed by atoms with Crippen LogP contribution in [-0.2, 0) is 21.5 Å². The SMILES string of the molecule is CC1CCCCN1C(=O)CN1CCCN(Cc2ccccc2F)S1(=O)=O. The second-order valence-corrected chi connectivity index (χ2v) is 8.98. The van der Waals surface area contributed by atoms with Crippen molar-refractivity contribution in [1.82, 2.24) is 13.5 Å². The van der Waals surface area contributed by atoms with E-state index in [1.54, 1.807) is 23.1 Å². The van der Waals surface area contributed by atoms with Gasteiger partial charge in [-0.3, -0.25) is 4.79 Å². The van der Waals surface area contributed by atoms with Gasteiger partial charge in [0.2, 0.25) is 5.91 Å². The van der Waals surface area contributed by atoms with Crippen molar-refractivity contribution in [2.75, 3.05) is 26.2 Å². The van der Waals surface area contributed by atoms with Crippen molar-refractivity contribution in [2.24, 2.45) is 0 Å². The number of hydrogen-bond acceptors (Lipinski definition) is 3. The largest absolute Gasteiger partial charge is 0.339 e. The van der Waals surface area contributed by atoms with E-state index >= 15 is 0 Å². The lowest BCUT2D eigenvalue weighted by molar-refractivity contribution is -0.134. The van der Waals surface area contributed by atoms with Crippen LogP contribution in [0.2, 0.25) is 0 Å². The first kappa shape index (κ1) is 19.3. The highest BCUT2D eigenvalue weighted by Crippen LogP contribution is 2.22. The maximum absolute atomic E-state index is 13.9. The van der Waals surface area contributed by atoms with Crippen molar-refractivity contribution in [3.05, 3.63) is 35.6 Å². The highest BCUT2D eigenvalue weighted by molar-refractivity contribution is 7.86. The predicted molar refractivity (Wildman–Crippen MR) is 96.9 cm³/mol. The summed E-state index contributed by atoms with van der Waals surface area (Å²) in [5.41, 5.74) is 0.342. The molecule has 1 aromatic rings. The van der Waals surface area contributed by atoms with E-state index in [-0.39, 0.29) is 25.0 Å². The van der Waals surface area contributed by atoms with Crippen molar-refractivity contribution in [3.8, 4) is 0 Å². The molecule has 2 heterocycles. The summed E-state index contributed by atoms with van der Waals surface area (Å²) in [7, 11) is -3.78. The Balaban J connectivity index is 1.70. The lowest BCUT2D eigenvalue weighted by Gasteiger charge is -2.38. The maximum atomic E-state index is 13.9.